The van der Waals surface area contributed by atoms with Gasteiger partial charge in [0.1, 0.15) is 4.90 Å². The Bertz CT molecular complexity index is 1190. The van der Waals surface area contributed by atoms with E-state index < -0.39 is 10.0 Å². The molecule has 0 spiro atoms. The van der Waals surface area contributed by atoms with Crippen molar-refractivity contribution in [3.05, 3.63) is 89.7 Å². The van der Waals surface area contributed by atoms with Crippen molar-refractivity contribution in [2.24, 2.45) is 4.40 Å². The normalized spacial score (nSPS) is 15.1. The van der Waals surface area contributed by atoms with Crippen LogP contribution in [0.5, 0.6) is 0 Å². The molecule has 1 aliphatic heterocycles. The molecular weight excluding hydrogens is 388 g/mol. The molecule has 2 aromatic carbocycles. The number of nitrogens with zero attached hydrogens (tertiary/aromatic N) is 2. The quantitative estimate of drug-likeness (QED) is 0.693. The number of sulfonamides is 1. The molecule has 0 fully saturated rings. The number of benzene rings is 2. The van der Waals surface area contributed by atoms with Gasteiger partial charge in [0, 0.05) is 29.2 Å². The third-order valence-electron chi connectivity index (χ3n) is 4.57. The molecule has 0 saturated heterocycles. The number of fused-ring (bicyclic) bond motifs is 1. The van der Waals surface area contributed by atoms with Crippen LogP contribution in [0.3, 0.4) is 0 Å². The van der Waals surface area contributed by atoms with Gasteiger partial charge in [-0.1, -0.05) is 18.2 Å². The number of pyridine rings is 1. The molecule has 2 N–H and O–H groups in total. The third-order valence-corrected chi connectivity index (χ3v) is 5.91. The summed E-state index contributed by atoms with van der Waals surface area (Å²) in [5, 5.41) is 5.94. The highest BCUT2D eigenvalue weighted by atomic mass is 32.2. The molecule has 7 nitrogen and oxygen atoms in total. The Morgan fingerprint density at radius 2 is 1.76 bits per heavy atom. The molecule has 0 unspecified atom stereocenters. The molecule has 0 bridgehead atoms. The lowest BCUT2D eigenvalue weighted by Crippen LogP contribution is -2.26. The van der Waals surface area contributed by atoms with Crippen LogP contribution in [-0.4, -0.2) is 25.1 Å². The number of carbonyl (C=O) groups is 1. The number of hydrogen-bond donors (Lipinski definition) is 2. The van der Waals surface area contributed by atoms with E-state index in [1.165, 1.54) is 6.07 Å². The first kappa shape index (κ1) is 18.8. The molecule has 0 radical (unpaired) electrons. The third kappa shape index (κ3) is 3.88. The van der Waals surface area contributed by atoms with Crippen LogP contribution in [0.4, 0.5) is 5.69 Å². The van der Waals surface area contributed by atoms with Crippen molar-refractivity contribution in [3.63, 3.8) is 0 Å². The van der Waals surface area contributed by atoms with E-state index >= 15 is 0 Å². The van der Waals surface area contributed by atoms with Crippen LogP contribution in [0.15, 0.2) is 82.4 Å². The van der Waals surface area contributed by atoms with Gasteiger partial charge in [-0.3, -0.25) is 9.78 Å². The number of nitrogens with one attached hydrogen (secondary N) is 2. The lowest BCUT2D eigenvalue weighted by atomic mass is 10.1. The molecule has 1 amide bonds. The monoisotopic (exact) mass is 406 g/mol. The van der Waals surface area contributed by atoms with E-state index in [4.69, 9.17) is 0 Å². The maximum Gasteiger partial charge on any atom is 0.285 e. The van der Waals surface area contributed by atoms with Crippen LogP contribution in [0, 0.1) is 0 Å². The first-order valence-corrected chi connectivity index (χ1v) is 10.4. The molecular formula is C21H18N4O3S. The van der Waals surface area contributed by atoms with E-state index in [0.29, 0.717) is 16.8 Å². The number of aromatic nitrogens is 1. The fraction of sp³-hybridized carbons (Fsp3) is 0.0952. The number of hydrogen-bond acceptors (Lipinski definition) is 5. The zero-order valence-electron chi connectivity index (χ0n) is 15.5. The summed E-state index contributed by atoms with van der Waals surface area (Å²) in [5.41, 5.74) is 2.57. The van der Waals surface area contributed by atoms with E-state index in [-0.39, 0.29) is 22.7 Å². The number of amides is 1. The molecule has 3 aromatic rings. The molecule has 0 saturated carbocycles. The maximum absolute atomic E-state index is 12.5. The standard InChI is InChI=1S/C21H18N4O3S/c1-14(16-5-4-12-22-13-16)23-21(26)15-8-10-17(11-9-15)24-20-18-6-2-3-7-19(18)29(27,28)25-20/h2-14H,1H3,(H,23,26)(H,24,25)/t14-/m0/s1. The number of carbonyl (C=O) groups excluding carboxylic acids is 1. The minimum atomic E-state index is -3.68. The Balaban J connectivity index is 1.47. The molecule has 1 aliphatic rings. The van der Waals surface area contributed by atoms with E-state index in [1.807, 2.05) is 19.1 Å². The van der Waals surface area contributed by atoms with Gasteiger partial charge in [-0.25, -0.2) is 0 Å². The Labute approximate surface area is 168 Å². The van der Waals surface area contributed by atoms with Gasteiger partial charge in [-0.2, -0.15) is 8.42 Å². The van der Waals surface area contributed by atoms with E-state index in [2.05, 4.69) is 20.0 Å². The smallest absolute Gasteiger partial charge is 0.285 e. The molecule has 2 heterocycles. The number of amidine groups is 1. The van der Waals surface area contributed by atoms with Gasteiger partial charge in [0.05, 0.1) is 6.04 Å². The second-order valence-corrected chi connectivity index (χ2v) is 8.17. The number of rotatable bonds is 4. The highest BCUT2D eigenvalue weighted by molar-refractivity contribution is 7.90. The lowest BCUT2D eigenvalue weighted by Gasteiger charge is -2.14. The van der Waals surface area contributed by atoms with Crippen LogP contribution in [0.1, 0.15) is 34.5 Å². The van der Waals surface area contributed by atoms with E-state index in [9.17, 15) is 13.2 Å². The van der Waals surface area contributed by atoms with Gasteiger partial charge in [-0.05, 0) is 55.0 Å². The summed E-state index contributed by atoms with van der Waals surface area (Å²) in [4.78, 5) is 16.7. The Morgan fingerprint density at radius 1 is 1.00 bits per heavy atom. The van der Waals surface area contributed by atoms with Crippen molar-refractivity contribution in [1.29, 1.82) is 0 Å². The minimum absolute atomic E-state index is 0.177. The van der Waals surface area contributed by atoms with Crippen molar-refractivity contribution in [1.82, 2.24) is 10.3 Å². The first-order valence-electron chi connectivity index (χ1n) is 8.96. The average molecular weight is 406 g/mol. The van der Waals surface area contributed by atoms with Crippen molar-refractivity contribution in [2.45, 2.75) is 17.9 Å². The summed E-state index contributed by atoms with van der Waals surface area (Å²) in [6, 6.07) is 17.0. The van der Waals surface area contributed by atoms with Crippen molar-refractivity contribution >= 4 is 27.5 Å². The topological polar surface area (TPSA) is 101 Å². The van der Waals surface area contributed by atoms with Crippen LogP contribution >= 0.6 is 0 Å². The highest BCUT2D eigenvalue weighted by Crippen LogP contribution is 2.26. The molecule has 1 aromatic heterocycles. The van der Waals surface area contributed by atoms with Gasteiger partial charge < -0.3 is 10.6 Å². The van der Waals surface area contributed by atoms with Crippen molar-refractivity contribution < 1.29 is 13.2 Å². The van der Waals surface area contributed by atoms with E-state index in [0.717, 1.165) is 5.56 Å². The van der Waals surface area contributed by atoms with Gasteiger partial charge in [0.2, 0.25) is 0 Å². The fourth-order valence-corrected chi connectivity index (χ4v) is 4.21. The largest absolute Gasteiger partial charge is 0.345 e. The predicted molar refractivity (Wildman–Crippen MR) is 110 cm³/mol. The van der Waals surface area contributed by atoms with Crippen LogP contribution in [0.25, 0.3) is 0 Å². The predicted octanol–water partition coefficient (Wildman–Crippen LogP) is 3.13. The molecule has 1 atom stereocenters. The first-order chi connectivity index (χ1) is 13.9. The van der Waals surface area contributed by atoms with Gasteiger partial charge in [0.15, 0.2) is 5.84 Å². The molecule has 4 rings (SSSR count). The number of anilines is 1. The van der Waals surface area contributed by atoms with Crippen molar-refractivity contribution in [2.75, 3.05) is 5.32 Å². The molecule has 8 heteroatoms. The lowest BCUT2D eigenvalue weighted by molar-refractivity contribution is 0.0940. The Morgan fingerprint density at radius 3 is 2.48 bits per heavy atom. The summed E-state index contributed by atoms with van der Waals surface area (Å²) in [7, 11) is -3.68. The van der Waals surface area contributed by atoms with E-state index in [1.54, 1.807) is 54.9 Å². The summed E-state index contributed by atoms with van der Waals surface area (Å²) in [5.74, 6) is 0.0574. The molecule has 0 aliphatic carbocycles. The van der Waals surface area contributed by atoms with Gasteiger partial charge >= 0.3 is 0 Å². The zero-order chi connectivity index (χ0) is 20.4. The SMILES string of the molecule is C[C@H](NC(=O)c1ccc(NC2=NS(=O)(=O)c3ccccc32)cc1)c1cccnc1. The highest BCUT2D eigenvalue weighted by Gasteiger charge is 2.28. The Kier molecular flexibility index (Phi) is 4.85. The average Bonchev–Trinajstić information content (AvgIpc) is 2.99. The van der Waals surface area contributed by atoms with Crippen molar-refractivity contribution in [3.8, 4) is 0 Å². The van der Waals surface area contributed by atoms with Crippen LogP contribution < -0.4 is 10.6 Å². The fourth-order valence-electron chi connectivity index (χ4n) is 3.03. The van der Waals surface area contributed by atoms with Gasteiger partial charge in [-0.15, -0.1) is 4.40 Å². The zero-order valence-corrected chi connectivity index (χ0v) is 16.3. The van der Waals surface area contributed by atoms with Crippen LogP contribution in [0.2, 0.25) is 0 Å². The maximum atomic E-state index is 12.5. The Hall–Kier alpha value is -3.52. The second kappa shape index (κ2) is 7.48. The molecule has 29 heavy (non-hydrogen) atoms. The van der Waals surface area contributed by atoms with Gasteiger partial charge in [0.25, 0.3) is 15.9 Å². The second-order valence-electron chi connectivity index (χ2n) is 6.59. The molecule has 146 valence electrons. The summed E-state index contributed by atoms with van der Waals surface area (Å²) in [6.07, 6.45) is 3.40. The summed E-state index contributed by atoms with van der Waals surface area (Å²) in [6.45, 7) is 1.89. The summed E-state index contributed by atoms with van der Waals surface area (Å²) < 4.78 is 28.1. The summed E-state index contributed by atoms with van der Waals surface area (Å²) >= 11 is 0. The van der Waals surface area contributed by atoms with Crippen LogP contribution in [-0.2, 0) is 10.0 Å². The minimum Gasteiger partial charge on any atom is -0.345 e.